The summed E-state index contributed by atoms with van der Waals surface area (Å²) >= 11 is 6.26. The molecule has 7 heteroatoms. The predicted octanol–water partition coefficient (Wildman–Crippen LogP) is 3.93. The van der Waals surface area contributed by atoms with Crippen molar-refractivity contribution in [2.75, 3.05) is 24.5 Å². The molecule has 0 unspecified atom stereocenters. The summed E-state index contributed by atoms with van der Waals surface area (Å²) in [5.74, 6) is 1.78. The molecule has 0 spiro atoms. The van der Waals surface area contributed by atoms with Gasteiger partial charge in [-0.3, -0.25) is 9.55 Å². The quantitative estimate of drug-likeness (QED) is 0.560. The lowest BCUT2D eigenvalue weighted by atomic mass is 10.2. The van der Waals surface area contributed by atoms with Gasteiger partial charge < -0.3 is 10.2 Å². The minimum absolute atomic E-state index is 0.387. The van der Waals surface area contributed by atoms with Gasteiger partial charge in [0.15, 0.2) is 5.65 Å². The molecule has 1 aliphatic heterocycles. The minimum Gasteiger partial charge on any atom is -0.351 e. The third-order valence-corrected chi connectivity index (χ3v) is 5.52. The summed E-state index contributed by atoms with van der Waals surface area (Å²) in [6.07, 6.45) is 3.57. The van der Waals surface area contributed by atoms with Crippen molar-refractivity contribution in [3.63, 3.8) is 0 Å². The first kappa shape index (κ1) is 18.1. The van der Waals surface area contributed by atoms with Crippen molar-refractivity contribution in [2.24, 2.45) is 0 Å². The Hall–Kier alpha value is -2.96. The van der Waals surface area contributed by atoms with Crippen LogP contribution in [-0.2, 0) is 0 Å². The number of benzene rings is 1. The van der Waals surface area contributed by atoms with E-state index in [1.165, 1.54) is 0 Å². The smallest absolute Gasteiger partial charge is 0.167 e. The highest BCUT2D eigenvalue weighted by molar-refractivity contribution is 6.30. The Balaban J connectivity index is 1.73. The van der Waals surface area contributed by atoms with Gasteiger partial charge in [0.2, 0.25) is 0 Å². The molecule has 0 radical (unpaired) electrons. The fourth-order valence-electron chi connectivity index (χ4n) is 3.85. The Morgan fingerprint density at radius 2 is 1.93 bits per heavy atom. The number of nitrogens with one attached hydrogen (secondary N) is 1. The summed E-state index contributed by atoms with van der Waals surface area (Å²) in [6.45, 7) is 5.07. The van der Waals surface area contributed by atoms with E-state index in [4.69, 9.17) is 21.6 Å². The molecule has 0 amide bonds. The van der Waals surface area contributed by atoms with Gasteiger partial charge in [0.1, 0.15) is 17.2 Å². The standard InChI is InChI=1S/C22H21ClN6/c1-15-14-25-11-12-28(15)20-6-5-19-22(27-20)29(18-7-9-24-10-8-18)21(26-19)16-3-2-4-17(23)13-16/h2-10,13,15,25H,11-12,14H2,1H3/t15-/m1/s1. The maximum absolute atomic E-state index is 6.26. The van der Waals surface area contributed by atoms with Crippen LogP contribution in [0.15, 0.2) is 60.9 Å². The summed E-state index contributed by atoms with van der Waals surface area (Å²) in [6, 6.07) is 16.2. The Bertz CT molecular complexity index is 1160. The number of rotatable bonds is 3. The molecular weight excluding hydrogens is 384 g/mol. The van der Waals surface area contributed by atoms with E-state index in [1.54, 1.807) is 12.4 Å². The van der Waals surface area contributed by atoms with E-state index in [0.29, 0.717) is 11.1 Å². The van der Waals surface area contributed by atoms with E-state index < -0.39 is 0 Å². The number of fused-ring (bicyclic) bond motifs is 1. The molecule has 0 saturated carbocycles. The molecule has 1 aliphatic rings. The van der Waals surface area contributed by atoms with Gasteiger partial charge in [-0.25, -0.2) is 9.97 Å². The van der Waals surface area contributed by atoms with Crippen LogP contribution >= 0.6 is 11.6 Å². The number of imidazole rings is 1. The number of hydrogen-bond acceptors (Lipinski definition) is 5. The van der Waals surface area contributed by atoms with Gasteiger partial charge in [-0.2, -0.15) is 0 Å². The molecule has 1 saturated heterocycles. The average Bonchev–Trinajstić information content (AvgIpc) is 3.13. The molecule has 146 valence electrons. The van der Waals surface area contributed by atoms with Gasteiger partial charge in [0.05, 0.1) is 5.69 Å². The molecule has 5 rings (SSSR count). The maximum atomic E-state index is 6.26. The van der Waals surface area contributed by atoms with E-state index in [-0.39, 0.29) is 0 Å². The van der Waals surface area contributed by atoms with Crippen LogP contribution in [0.1, 0.15) is 6.92 Å². The second kappa shape index (κ2) is 7.46. The maximum Gasteiger partial charge on any atom is 0.167 e. The molecule has 0 bridgehead atoms. The molecule has 29 heavy (non-hydrogen) atoms. The largest absolute Gasteiger partial charge is 0.351 e. The van der Waals surface area contributed by atoms with Crippen molar-refractivity contribution in [3.8, 4) is 17.1 Å². The first-order valence-electron chi connectivity index (χ1n) is 9.74. The highest BCUT2D eigenvalue weighted by atomic mass is 35.5. The van der Waals surface area contributed by atoms with E-state index in [1.807, 2.05) is 36.4 Å². The zero-order valence-electron chi connectivity index (χ0n) is 16.1. The van der Waals surface area contributed by atoms with Crippen molar-refractivity contribution in [3.05, 3.63) is 65.9 Å². The molecule has 6 nitrogen and oxygen atoms in total. The van der Waals surface area contributed by atoms with Crippen molar-refractivity contribution >= 4 is 28.6 Å². The Morgan fingerprint density at radius 1 is 1.07 bits per heavy atom. The molecular formula is C22H21ClN6. The van der Waals surface area contributed by atoms with Crippen LogP contribution in [0.25, 0.3) is 28.2 Å². The molecule has 0 aliphatic carbocycles. The highest BCUT2D eigenvalue weighted by Crippen LogP contribution is 2.30. The monoisotopic (exact) mass is 404 g/mol. The van der Waals surface area contributed by atoms with Crippen LogP contribution in [-0.4, -0.2) is 45.2 Å². The van der Waals surface area contributed by atoms with Gasteiger partial charge in [-0.15, -0.1) is 0 Å². The topological polar surface area (TPSA) is 58.9 Å². The summed E-state index contributed by atoms with van der Waals surface area (Å²) in [5.41, 5.74) is 3.60. The molecule has 1 N–H and O–H groups in total. The van der Waals surface area contributed by atoms with Crippen molar-refractivity contribution in [1.82, 2.24) is 24.8 Å². The van der Waals surface area contributed by atoms with E-state index in [0.717, 1.165) is 53.7 Å². The molecule has 4 aromatic rings. The van der Waals surface area contributed by atoms with E-state index >= 15 is 0 Å². The zero-order chi connectivity index (χ0) is 19.8. The normalized spacial score (nSPS) is 17.0. The highest BCUT2D eigenvalue weighted by Gasteiger charge is 2.22. The SMILES string of the molecule is C[C@@H]1CNCCN1c1ccc2nc(-c3cccc(Cl)c3)n(-c3ccncc3)c2n1. The van der Waals surface area contributed by atoms with Crippen LogP contribution in [0.5, 0.6) is 0 Å². The fourth-order valence-corrected chi connectivity index (χ4v) is 4.04. The first-order chi connectivity index (χ1) is 14.2. The number of aromatic nitrogens is 4. The number of pyridine rings is 2. The third kappa shape index (κ3) is 3.34. The van der Waals surface area contributed by atoms with Crippen LogP contribution < -0.4 is 10.2 Å². The van der Waals surface area contributed by atoms with Crippen LogP contribution in [0.3, 0.4) is 0 Å². The Morgan fingerprint density at radius 3 is 2.72 bits per heavy atom. The lowest BCUT2D eigenvalue weighted by Crippen LogP contribution is -2.50. The van der Waals surface area contributed by atoms with Gasteiger partial charge in [0.25, 0.3) is 0 Å². The lowest BCUT2D eigenvalue weighted by Gasteiger charge is -2.34. The van der Waals surface area contributed by atoms with Gasteiger partial charge in [0, 0.05) is 48.7 Å². The molecule has 1 fully saturated rings. The molecule has 1 aromatic carbocycles. The van der Waals surface area contributed by atoms with Crippen molar-refractivity contribution < 1.29 is 0 Å². The van der Waals surface area contributed by atoms with Crippen LogP contribution in [0, 0.1) is 0 Å². The number of hydrogen-bond donors (Lipinski definition) is 1. The number of halogens is 1. The molecule has 3 aromatic heterocycles. The summed E-state index contributed by atoms with van der Waals surface area (Å²) in [4.78, 5) is 16.4. The van der Waals surface area contributed by atoms with Crippen LogP contribution in [0.4, 0.5) is 5.82 Å². The Labute approximate surface area is 174 Å². The lowest BCUT2D eigenvalue weighted by molar-refractivity contribution is 0.497. The van der Waals surface area contributed by atoms with Crippen LogP contribution in [0.2, 0.25) is 5.02 Å². The summed E-state index contributed by atoms with van der Waals surface area (Å²) in [5, 5.41) is 4.11. The van der Waals surface area contributed by atoms with Gasteiger partial charge >= 0.3 is 0 Å². The first-order valence-corrected chi connectivity index (χ1v) is 10.1. The average molecular weight is 405 g/mol. The third-order valence-electron chi connectivity index (χ3n) is 5.29. The molecule has 1 atom stereocenters. The molecule has 4 heterocycles. The second-order valence-corrected chi connectivity index (χ2v) is 7.68. The van der Waals surface area contributed by atoms with Gasteiger partial charge in [-0.05, 0) is 43.3 Å². The second-order valence-electron chi connectivity index (χ2n) is 7.25. The van der Waals surface area contributed by atoms with Crippen molar-refractivity contribution in [1.29, 1.82) is 0 Å². The van der Waals surface area contributed by atoms with Crippen molar-refractivity contribution in [2.45, 2.75) is 13.0 Å². The van der Waals surface area contributed by atoms with Gasteiger partial charge in [-0.1, -0.05) is 23.7 Å². The summed E-state index contributed by atoms with van der Waals surface area (Å²) in [7, 11) is 0. The Kier molecular flexibility index (Phi) is 4.66. The van der Waals surface area contributed by atoms with E-state index in [2.05, 4.69) is 38.8 Å². The number of piperazine rings is 1. The predicted molar refractivity (Wildman–Crippen MR) is 117 cm³/mol. The van der Waals surface area contributed by atoms with E-state index in [9.17, 15) is 0 Å². The fraction of sp³-hybridized carbons (Fsp3) is 0.227. The zero-order valence-corrected chi connectivity index (χ0v) is 16.8. The summed E-state index contributed by atoms with van der Waals surface area (Å²) < 4.78 is 2.08. The minimum atomic E-state index is 0.387. The number of nitrogens with zero attached hydrogens (tertiary/aromatic N) is 5. The number of anilines is 1.